The molecule has 0 bridgehead atoms. The molecule has 2 aromatic rings. The molecule has 4 nitrogen and oxygen atoms in total. The lowest BCUT2D eigenvalue weighted by Gasteiger charge is -1.97. The summed E-state index contributed by atoms with van der Waals surface area (Å²) in [6.07, 6.45) is 0. The van der Waals surface area contributed by atoms with E-state index in [-0.39, 0.29) is 0 Å². The van der Waals surface area contributed by atoms with Crippen molar-refractivity contribution < 1.29 is 0 Å². The Labute approximate surface area is 79.6 Å². The van der Waals surface area contributed by atoms with Gasteiger partial charge in [-0.25, -0.2) is 4.98 Å². The number of nitrogens with two attached hydrogens (primary N) is 2. The summed E-state index contributed by atoms with van der Waals surface area (Å²) in [5.74, 6) is 0. The summed E-state index contributed by atoms with van der Waals surface area (Å²) < 4.78 is 1.05. The summed E-state index contributed by atoms with van der Waals surface area (Å²) in [5.41, 5.74) is 13.4. The van der Waals surface area contributed by atoms with Crippen LogP contribution in [0.4, 0.5) is 16.5 Å². The minimum absolute atomic E-state index is 0.584. The lowest BCUT2D eigenvalue weighted by Crippen LogP contribution is -1.93. The summed E-state index contributed by atoms with van der Waals surface area (Å²) >= 11 is 1.56. The van der Waals surface area contributed by atoms with Gasteiger partial charge in [-0.2, -0.15) is 0 Å². The number of hydrogen-bond acceptors (Lipinski definition) is 5. The number of rotatable bonds is 1. The minimum Gasteiger partial charge on any atom is -0.397 e. The molecule has 0 aliphatic heterocycles. The largest absolute Gasteiger partial charge is 0.397 e. The molecule has 1 aromatic heterocycles. The Hall–Kier alpha value is -1.49. The Morgan fingerprint density at radius 1 is 1.31 bits per heavy atom. The summed E-state index contributed by atoms with van der Waals surface area (Å²) in [6, 6.07) is 3.64. The molecule has 0 amide bonds. The molecule has 68 valence electrons. The third kappa shape index (κ3) is 1.27. The second kappa shape index (κ2) is 2.77. The number of thiazole rings is 1. The van der Waals surface area contributed by atoms with Crippen LogP contribution in [0.25, 0.3) is 10.2 Å². The van der Waals surface area contributed by atoms with Gasteiger partial charge < -0.3 is 16.8 Å². The molecule has 0 spiro atoms. The van der Waals surface area contributed by atoms with Crippen molar-refractivity contribution in [2.24, 2.45) is 0 Å². The van der Waals surface area contributed by atoms with E-state index < -0.39 is 0 Å². The second-order valence-corrected chi connectivity index (χ2v) is 3.75. The molecule has 1 heterocycles. The predicted molar refractivity (Wildman–Crippen MR) is 58.0 cm³/mol. The van der Waals surface area contributed by atoms with Gasteiger partial charge >= 0.3 is 0 Å². The Balaban J connectivity index is 2.70. The quantitative estimate of drug-likeness (QED) is 0.601. The third-order valence-electron chi connectivity index (χ3n) is 1.81. The summed E-state index contributed by atoms with van der Waals surface area (Å²) in [5, 5.41) is 3.86. The lowest BCUT2D eigenvalue weighted by molar-refractivity contribution is 1.41. The van der Waals surface area contributed by atoms with Crippen LogP contribution in [0, 0.1) is 0 Å². The van der Waals surface area contributed by atoms with E-state index in [1.54, 1.807) is 17.4 Å². The highest BCUT2D eigenvalue weighted by Gasteiger charge is 2.04. The van der Waals surface area contributed by atoms with E-state index in [1.165, 1.54) is 0 Å². The highest BCUT2D eigenvalue weighted by molar-refractivity contribution is 7.22. The number of hydrogen-bond donors (Lipinski definition) is 3. The van der Waals surface area contributed by atoms with E-state index in [4.69, 9.17) is 11.5 Å². The van der Waals surface area contributed by atoms with Crippen molar-refractivity contribution in [1.82, 2.24) is 4.98 Å². The number of nitrogens with zero attached hydrogens (tertiary/aromatic N) is 1. The van der Waals surface area contributed by atoms with E-state index in [9.17, 15) is 0 Å². The number of fused-ring (bicyclic) bond motifs is 1. The summed E-state index contributed by atoms with van der Waals surface area (Å²) in [7, 11) is 1.84. The van der Waals surface area contributed by atoms with Crippen molar-refractivity contribution in [3.63, 3.8) is 0 Å². The first-order valence-electron chi connectivity index (χ1n) is 3.84. The van der Waals surface area contributed by atoms with Gasteiger partial charge in [0.15, 0.2) is 5.13 Å². The fraction of sp³-hybridized carbons (Fsp3) is 0.125. The molecular formula is C8H10N4S. The zero-order valence-electron chi connectivity index (χ0n) is 7.16. The molecule has 0 aliphatic rings. The Bertz CT molecular complexity index is 410. The summed E-state index contributed by atoms with van der Waals surface area (Å²) in [4.78, 5) is 4.30. The Morgan fingerprint density at radius 2 is 2.00 bits per heavy atom. The van der Waals surface area contributed by atoms with Gasteiger partial charge in [0.25, 0.3) is 0 Å². The van der Waals surface area contributed by atoms with Gasteiger partial charge in [0, 0.05) is 7.05 Å². The molecule has 0 aliphatic carbocycles. The van der Waals surface area contributed by atoms with Crippen molar-refractivity contribution in [2.75, 3.05) is 23.8 Å². The number of nitrogens with one attached hydrogen (secondary N) is 1. The first kappa shape index (κ1) is 8.12. The molecule has 0 saturated heterocycles. The van der Waals surface area contributed by atoms with E-state index in [0.29, 0.717) is 11.4 Å². The Kier molecular flexibility index (Phi) is 1.73. The molecule has 1 aromatic carbocycles. The van der Waals surface area contributed by atoms with Crippen molar-refractivity contribution in [1.29, 1.82) is 0 Å². The van der Waals surface area contributed by atoms with Gasteiger partial charge in [-0.15, -0.1) is 0 Å². The number of nitrogen functional groups attached to an aromatic ring is 2. The first-order chi connectivity index (χ1) is 6.20. The van der Waals surface area contributed by atoms with Gasteiger partial charge in [0.1, 0.15) is 0 Å². The zero-order chi connectivity index (χ0) is 9.42. The molecule has 0 saturated carbocycles. The first-order valence-corrected chi connectivity index (χ1v) is 4.65. The van der Waals surface area contributed by atoms with Crippen molar-refractivity contribution in [2.45, 2.75) is 0 Å². The molecule has 0 fully saturated rings. The minimum atomic E-state index is 0.584. The second-order valence-electron chi connectivity index (χ2n) is 2.72. The van der Waals surface area contributed by atoms with Crippen LogP contribution in [0.2, 0.25) is 0 Å². The van der Waals surface area contributed by atoms with E-state index >= 15 is 0 Å². The van der Waals surface area contributed by atoms with Crippen LogP contribution in [0.3, 0.4) is 0 Å². The third-order valence-corrected chi connectivity index (χ3v) is 2.84. The molecule has 2 rings (SSSR count). The lowest BCUT2D eigenvalue weighted by atomic mass is 10.2. The van der Waals surface area contributed by atoms with Crippen LogP contribution < -0.4 is 16.8 Å². The number of benzene rings is 1. The summed E-state index contributed by atoms with van der Waals surface area (Å²) in [6.45, 7) is 0. The smallest absolute Gasteiger partial charge is 0.183 e. The Morgan fingerprint density at radius 3 is 2.69 bits per heavy atom. The molecule has 0 atom stereocenters. The van der Waals surface area contributed by atoms with Crippen LogP contribution in [-0.2, 0) is 0 Å². The average Bonchev–Trinajstić information content (AvgIpc) is 2.48. The molecule has 5 heteroatoms. The van der Waals surface area contributed by atoms with Crippen molar-refractivity contribution in [3.05, 3.63) is 12.1 Å². The zero-order valence-corrected chi connectivity index (χ0v) is 7.98. The van der Waals surface area contributed by atoms with Gasteiger partial charge in [-0.05, 0) is 12.1 Å². The van der Waals surface area contributed by atoms with Crippen LogP contribution in [0.15, 0.2) is 12.1 Å². The van der Waals surface area contributed by atoms with E-state index in [2.05, 4.69) is 10.3 Å². The average molecular weight is 194 g/mol. The number of anilines is 3. The van der Waals surface area contributed by atoms with Gasteiger partial charge in [0.05, 0.1) is 21.6 Å². The molecular weight excluding hydrogens is 184 g/mol. The fourth-order valence-corrected chi connectivity index (χ4v) is 1.96. The van der Waals surface area contributed by atoms with Crippen LogP contribution in [-0.4, -0.2) is 12.0 Å². The maximum atomic E-state index is 5.67. The highest BCUT2D eigenvalue weighted by atomic mass is 32.1. The van der Waals surface area contributed by atoms with Crippen molar-refractivity contribution >= 4 is 38.1 Å². The topological polar surface area (TPSA) is 77.0 Å². The molecule has 5 N–H and O–H groups in total. The van der Waals surface area contributed by atoms with Crippen LogP contribution in [0.1, 0.15) is 0 Å². The molecule has 13 heavy (non-hydrogen) atoms. The van der Waals surface area contributed by atoms with Gasteiger partial charge in [0.2, 0.25) is 0 Å². The maximum absolute atomic E-state index is 5.67. The van der Waals surface area contributed by atoms with Gasteiger partial charge in [-0.1, -0.05) is 11.3 Å². The van der Waals surface area contributed by atoms with Gasteiger partial charge in [-0.3, -0.25) is 0 Å². The number of aromatic nitrogens is 1. The highest BCUT2D eigenvalue weighted by Crippen LogP contribution is 2.30. The van der Waals surface area contributed by atoms with E-state index in [1.807, 2.05) is 13.1 Å². The fourth-order valence-electron chi connectivity index (χ4n) is 1.11. The van der Waals surface area contributed by atoms with Crippen LogP contribution in [0.5, 0.6) is 0 Å². The SMILES string of the molecule is CNc1nc2cc(N)c(N)cc2s1. The normalized spacial score (nSPS) is 10.5. The maximum Gasteiger partial charge on any atom is 0.183 e. The standard InChI is InChI=1S/C8H10N4S/c1-11-8-12-6-2-4(9)5(10)3-7(6)13-8/h2-3H,9-10H2,1H3,(H,11,12). The van der Waals surface area contributed by atoms with Crippen molar-refractivity contribution in [3.8, 4) is 0 Å². The predicted octanol–water partition coefficient (Wildman–Crippen LogP) is 1.50. The molecule has 0 radical (unpaired) electrons. The van der Waals surface area contributed by atoms with Crippen LogP contribution >= 0.6 is 11.3 Å². The molecule has 0 unspecified atom stereocenters. The monoisotopic (exact) mass is 194 g/mol. The van der Waals surface area contributed by atoms with E-state index in [0.717, 1.165) is 15.3 Å².